The molecular weight excluding hydrogens is 239 g/mol. The number of hydrogen-bond acceptors (Lipinski definition) is 3. The van der Waals surface area contributed by atoms with Gasteiger partial charge in [-0.2, -0.15) is 13.2 Å². The molecule has 0 saturated carbocycles. The summed E-state index contributed by atoms with van der Waals surface area (Å²) in [4.78, 5) is 2.62. The molecule has 0 bridgehead atoms. The maximum atomic E-state index is 12.0. The standard InChI is InChI=1S/C10H14F3NOS/c1-14(7-9(15)10(11,12)13)5-4-8-3-2-6-16-8/h2-3,6,9,15H,4-5,7H2,1H3. The minimum atomic E-state index is -4.53. The van der Waals surface area contributed by atoms with Gasteiger partial charge in [-0.25, -0.2) is 0 Å². The number of aliphatic hydroxyl groups is 1. The Morgan fingerprint density at radius 3 is 2.69 bits per heavy atom. The Bertz CT molecular complexity index is 300. The third kappa shape index (κ3) is 4.51. The average Bonchev–Trinajstić information content (AvgIpc) is 2.65. The van der Waals surface area contributed by atoms with Gasteiger partial charge >= 0.3 is 6.18 Å². The van der Waals surface area contributed by atoms with Crippen molar-refractivity contribution < 1.29 is 18.3 Å². The van der Waals surface area contributed by atoms with Crippen LogP contribution in [-0.4, -0.2) is 42.4 Å². The van der Waals surface area contributed by atoms with Gasteiger partial charge in [0.05, 0.1) is 0 Å². The number of rotatable bonds is 5. The van der Waals surface area contributed by atoms with E-state index in [2.05, 4.69) is 0 Å². The van der Waals surface area contributed by atoms with Crippen LogP contribution >= 0.6 is 11.3 Å². The van der Waals surface area contributed by atoms with Crippen molar-refractivity contribution in [1.82, 2.24) is 4.90 Å². The summed E-state index contributed by atoms with van der Waals surface area (Å²) in [5, 5.41) is 10.8. The number of hydrogen-bond donors (Lipinski definition) is 1. The highest BCUT2D eigenvalue weighted by atomic mass is 32.1. The number of halogens is 3. The largest absolute Gasteiger partial charge is 0.415 e. The Labute approximate surface area is 96.3 Å². The van der Waals surface area contributed by atoms with Crippen LogP contribution in [0.2, 0.25) is 0 Å². The Hall–Kier alpha value is -0.590. The Morgan fingerprint density at radius 1 is 1.50 bits per heavy atom. The summed E-state index contributed by atoms with van der Waals surface area (Å²) >= 11 is 1.58. The Morgan fingerprint density at radius 2 is 2.19 bits per heavy atom. The SMILES string of the molecule is CN(CCc1cccs1)CC(O)C(F)(F)F. The zero-order valence-electron chi connectivity index (χ0n) is 8.87. The van der Waals surface area contributed by atoms with E-state index in [0.29, 0.717) is 13.0 Å². The van der Waals surface area contributed by atoms with Gasteiger partial charge in [-0.3, -0.25) is 0 Å². The number of nitrogens with zero attached hydrogens (tertiary/aromatic N) is 1. The molecule has 1 N–H and O–H groups in total. The van der Waals surface area contributed by atoms with Gasteiger partial charge in [-0.05, 0) is 24.9 Å². The summed E-state index contributed by atoms with van der Waals surface area (Å²) in [6.45, 7) is 0.128. The maximum absolute atomic E-state index is 12.0. The number of thiophene rings is 1. The molecule has 0 saturated heterocycles. The average molecular weight is 253 g/mol. The van der Waals surface area contributed by atoms with Crippen LogP contribution in [0.5, 0.6) is 0 Å². The molecule has 1 rings (SSSR count). The molecule has 1 aromatic heterocycles. The first-order chi connectivity index (χ1) is 7.39. The van der Waals surface area contributed by atoms with E-state index in [0.717, 1.165) is 4.88 Å². The number of aliphatic hydroxyl groups excluding tert-OH is 1. The predicted octanol–water partition coefficient (Wildman–Crippen LogP) is 2.15. The molecule has 0 radical (unpaired) electrons. The first kappa shape index (κ1) is 13.5. The second-order valence-electron chi connectivity index (χ2n) is 3.65. The van der Waals surface area contributed by atoms with Crippen LogP contribution in [0.15, 0.2) is 17.5 Å². The predicted molar refractivity (Wildman–Crippen MR) is 57.6 cm³/mol. The molecule has 0 amide bonds. The molecular formula is C10H14F3NOS. The van der Waals surface area contributed by atoms with Gasteiger partial charge in [-0.15, -0.1) is 11.3 Å². The minimum Gasteiger partial charge on any atom is -0.382 e. The van der Waals surface area contributed by atoms with E-state index in [1.165, 1.54) is 4.90 Å². The maximum Gasteiger partial charge on any atom is 0.415 e. The third-order valence-corrected chi connectivity index (χ3v) is 3.12. The van der Waals surface area contributed by atoms with Gasteiger partial charge in [-0.1, -0.05) is 6.07 Å². The van der Waals surface area contributed by atoms with Crippen LogP contribution in [0.1, 0.15) is 4.88 Å². The second kappa shape index (κ2) is 5.65. The van der Waals surface area contributed by atoms with E-state index >= 15 is 0 Å². The number of likely N-dealkylation sites (N-methyl/N-ethyl adjacent to an activating group) is 1. The van der Waals surface area contributed by atoms with Gasteiger partial charge in [0, 0.05) is 18.0 Å². The lowest BCUT2D eigenvalue weighted by molar-refractivity contribution is -0.207. The fourth-order valence-electron chi connectivity index (χ4n) is 1.25. The van der Waals surface area contributed by atoms with Crippen molar-refractivity contribution in [2.45, 2.75) is 18.7 Å². The van der Waals surface area contributed by atoms with E-state index in [1.807, 2.05) is 17.5 Å². The van der Waals surface area contributed by atoms with Crippen molar-refractivity contribution in [3.05, 3.63) is 22.4 Å². The summed E-state index contributed by atoms with van der Waals surface area (Å²) in [5.74, 6) is 0. The van der Waals surface area contributed by atoms with Gasteiger partial charge in [0.15, 0.2) is 6.10 Å². The molecule has 92 valence electrons. The van der Waals surface area contributed by atoms with Crippen molar-refractivity contribution in [2.75, 3.05) is 20.1 Å². The molecule has 16 heavy (non-hydrogen) atoms. The van der Waals surface area contributed by atoms with Crippen molar-refractivity contribution in [3.8, 4) is 0 Å². The van der Waals surface area contributed by atoms with E-state index < -0.39 is 12.3 Å². The van der Waals surface area contributed by atoms with E-state index in [1.54, 1.807) is 18.4 Å². The lowest BCUT2D eigenvalue weighted by Gasteiger charge is -2.21. The summed E-state index contributed by atoms with van der Waals surface area (Å²) in [6.07, 6.45) is -6.09. The van der Waals surface area contributed by atoms with Gasteiger partial charge < -0.3 is 10.0 Å². The van der Waals surface area contributed by atoms with Crippen LogP contribution in [0, 0.1) is 0 Å². The molecule has 0 aliphatic carbocycles. The zero-order valence-corrected chi connectivity index (χ0v) is 9.68. The third-order valence-electron chi connectivity index (χ3n) is 2.18. The summed E-state index contributed by atoms with van der Waals surface area (Å²) in [7, 11) is 1.57. The van der Waals surface area contributed by atoms with Crippen molar-refractivity contribution in [3.63, 3.8) is 0 Å². The zero-order chi connectivity index (χ0) is 12.2. The molecule has 0 aromatic carbocycles. The number of alkyl halides is 3. The van der Waals surface area contributed by atoms with Crippen molar-refractivity contribution in [1.29, 1.82) is 0 Å². The fourth-order valence-corrected chi connectivity index (χ4v) is 1.94. The van der Waals surface area contributed by atoms with E-state index in [-0.39, 0.29) is 6.54 Å². The monoisotopic (exact) mass is 253 g/mol. The molecule has 0 fully saturated rings. The summed E-state index contributed by atoms with van der Waals surface area (Å²) < 4.78 is 36.1. The molecule has 6 heteroatoms. The molecule has 2 nitrogen and oxygen atoms in total. The molecule has 1 heterocycles. The second-order valence-corrected chi connectivity index (χ2v) is 4.68. The molecule has 0 spiro atoms. The van der Waals surface area contributed by atoms with Crippen LogP contribution < -0.4 is 0 Å². The first-order valence-electron chi connectivity index (χ1n) is 4.85. The first-order valence-corrected chi connectivity index (χ1v) is 5.73. The van der Waals surface area contributed by atoms with Crippen LogP contribution in [0.3, 0.4) is 0 Å². The fraction of sp³-hybridized carbons (Fsp3) is 0.600. The lowest BCUT2D eigenvalue weighted by Crippen LogP contribution is -2.39. The van der Waals surface area contributed by atoms with E-state index in [9.17, 15) is 13.2 Å². The highest BCUT2D eigenvalue weighted by molar-refractivity contribution is 7.09. The van der Waals surface area contributed by atoms with E-state index in [4.69, 9.17) is 5.11 Å². The van der Waals surface area contributed by atoms with Crippen LogP contribution in [0.4, 0.5) is 13.2 Å². The highest BCUT2D eigenvalue weighted by Gasteiger charge is 2.38. The van der Waals surface area contributed by atoms with Crippen LogP contribution in [-0.2, 0) is 6.42 Å². The molecule has 1 aromatic rings. The Kier molecular flexibility index (Phi) is 4.76. The topological polar surface area (TPSA) is 23.5 Å². The summed E-state index contributed by atoms with van der Waals surface area (Å²) in [5.41, 5.74) is 0. The van der Waals surface area contributed by atoms with Crippen LogP contribution in [0.25, 0.3) is 0 Å². The molecule has 1 unspecified atom stereocenters. The molecule has 1 atom stereocenters. The Balaban J connectivity index is 2.28. The van der Waals surface area contributed by atoms with Gasteiger partial charge in [0.2, 0.25) is 0 Å². The normalized spacial score (nSPS) is 14.4. The van der Waals surface area contributed by atoms with Gasteiger partial charge in [0.1, 0.15) is 0 Å². The minimum absolute atomic E-state index is 0.380. The smallest absolute Gasteiger partial charge is 0.382 e. The van der Waals surface area contributed by atoms with Gasteiger partial charge in [0.25, 0.3) is 0 Å². The lowest BCUT2D eigenvalue weighted by atomic mass is 10.3. The highest BCUT2D eigenvalue weighted by Crippen LogP contribution is 2.20. The quantitative estimate of drug-likeness (QED) is 0.869. The van der Waals surface area contributed by atoms with Crippen molar-refractivity contribution in [2.24, 2.45) is 0 Å². The van der Waals surface area contributed by atoms with Crippen molar-refractivity contribution >= 4 is 11.3 Å². The molecule has 0 aliphatic rings. The molecule has 0 aliphatic heterocycles. The summed E-state index contributed by atoms with van der Waals surface area (Å²) in [6, 6.07) is 3.85.